The lowest BCUT2D eigenvalue weighted by molar-refractivity contribution is -0.133. The first-order valence-corrected chi connectivity index (χ1v) is 8.75. The fourth-order valence-electron chi connectivity index (χ4n) is 3.48. The van der Waals surface area contributed by atoms with E-state index >= 15 is 0 Å². The van der Waals surface area contributed by atoms with Crippen LogP contribution >= 0.6 is 12.4 Å². The first-order valence-electron chi connectivity index (χ1n) is 8.75. The summed E-state index contributed by atoms with van der Waals surface area (Å²) in [6.07, 6.45) is 5.79. The Bertz CT molecular complexity index is 667. The van der Waals surface area contributed by atoms with E-state index in [1.165, 1.54) is 19.3 Å². The van der Waals surface area contributed by atoms with Gasteiger partial charge in [-0.05, 0) is 24.8 Å². The number of benzene rings is 1. The van der Waals surface area contributed by atoms with Crippen molar-refractivity contribution in [3.8, 4) is 11.3 Å². The quantitative estimate of drug-likeness (QED) is 0.856. The number of likely N-dealkylation sites (N-methyl/N-ethyl adjacent to an activating group) is 1. The van der Waals surface area contributed by atoms with Gasteiger partial charge in [0, 0.05) is 12.6 Å². The van der Waals surface area contributed by atoms with Crippen molar-refractivity contribution in [3.05, 3.63) is 42.1 Å². The van der Waals surface area contributed by atoms with Crippen molar-refractivity contribution in [2.45, 2.75) is 44.7 Å². The number of nitrogens with zero attached hydrogens (tertiary/aromatic N) is 2. The molecular weight excluding hydrogens is 336 g/mol. The number of aromatic amines is 1. The van der Waals surface area contributed by atoms with Crippen LogP contribution in [0.25, 0.3) is 11.3 Å². The van der Waals surface area contributed by atoms with Crippen LogP contribution in [0.5, 0.6) is 0 Å². The Hall–Kier alpha value is -1.85. The molecule has 0 bridgehead atoms. The first kappa shape index (κ1) is 19.5. The maximum atomic E-state index is 12.6. The summed E-state index contributed by atoms with van der Waals surface area (Å²) in [5.41, 5.74) is 9.10. The molecule has 1 atom stereocenters. The zero-order valence-electron chi connectivity index (χ0n) is 14.6. The Balaban J connectivity index is 0.00000225. The van der Waals surface area contributed by atoms with E-state index in [2.05, 4.69) is 10.2 Å². The highest BCUT2D eigenvalue weighted by Crippen LogP contribution is 2.26. The zero-order chi connectivity index (χ0) is 16.9. The van der Waals surface area contributed by atoms with Crippen LogP contribution in [0, 0.1) is 5.92 Å². The van der Waals surface area contributed by atoms with Crippen molar-refractivity contribution in [2.24, 2.45) is 11.7 Å². The van der Waals surface area contributed by atoms with Gasteiger partial charge in [0.05, 0.1) is 24.0 Å². The minimum Gasteiger partial charge on any atom is -0.339 e. The summed E-state index contributed by atoms with van der Waals surface area (Å²) >= 11 is 0. The van der Waals surface area contributed by atoms with Gasteiger partial charge in [-0.1, -0.05) is 49.6 Å². The maximum absolute atomic E-state index is 12.6. The third-order valence-corrected chi connectivity index (χ3v) is 4.93. The highest BCUT2D eigenvalue weighted by Gasteiger charge is 2.28. The molecule has 3 rings (SSSR count). The molecule has 0 saturated heterocycles. The van der Waals surface area contributed by atoms with Gasteiger partial charge in [0.1, 0.15) is 0 Å². The minimum absolute atomic E-state index is 0. The predicted molar refractivity (Wildman–Crippen MR) is 102 cm³/mol. The van der Waals surface area contributed by atoms with Crippen LogP contribution in [0.15, 0.2) is 36.4 Å². The normalized spacial score (nSPS) is 16.1. The van der Waals surface area contributed by atoms with E-state index in [-0.39, 0.29) is 24.4 Å². The van der Waals surface area contributed by atoms with E-state index in [0.717, 1.165) is 29.8 Å². The van der Waals surface area contributed by atoms with Crippen LogP contribution in [0.1, 0.15) is 37.8 Å². The smallest absolute Gasteiger partial charge is 0.239 e. The Morgan fingerprint density at radius 2 is 1.96 bits per heavy atom. The van der Waals surface area contributed by atoms with Crippen LogP contribution in [-0.2, 0) is 11.3 Å². The number of hydrogen-bond acceptors (Lipinski definition) is 3. The molecule has 1 aliphatic carbocycles. The number of carbonyl (C=O) groups is 1. The molecular formula is C19H27ClN4O. The molecule has 0 unspecified atom stereocenters. The van der Waals surface area contributed by atoms with Gasteiger partial charge in [-0.25, -0.2) is 0 Å². The summed E-state index contributed by atoms with van der Waals surface area (Å²) in [6.45, 7) is 0.499. The van der Waals surface area contributed by atoms with Crippen molar-refractivity contribution in [1.29, 1.82) is 0 Å². The molecule has 1 heterocycles. The van der Waals surface area contributed by atoms with Crippen LogP contribution < -0.4 is 5.73 Å². The molecule has 1 fully saturated rings. The number of H-pyrrole nitrogens is 1. The van der Waals surface area contributed by atoms with E-state index in [0.29, 0.717) is 12.5 Å². The molecule has 0 aliphatic heterocycles. The second-order valence-corrected chi connectivity index (χ2v) is 6.76. The number of nitrogens with two attached hydrogens (primary N) is 1. The Morgan fingerprint density at radius 1 is 1.28 bits per heavy atom. The van der Waals surface area contributed by atoms with Crippen molar-refractivity contribution in [3.63, 3.8) is 0 Å². The van der Waals surface area contributed by atoms with Crippen molar-refractivity contribution in [2.75, 3.05) is 7.05 Å². The molecule has 25 heavy (non-hydrogen) atoms. The SMILES string of the molecule is CN(Cc1cc(-c2ccccc2)n[nH]1)C(=O)[C@H](N)C1CCCCC1.Cl. The summed E-state index contributed by atoms with van der Waals surface area (Å²) in [7, 11) is 1.81. The number of hydrogen-bond donors (Lipinski definition) is 2. The van der Waals surface area contributed by atoms with Gasteiger partial charge >= 0.3 is 0 Å². The number of nitrogens with one attached hydrogen (secondary N) is 1. The summed E-state index contributed by atoms with van der Waals surface area (Å²) < 4.78 is 0. The number of carbonyl (C=O) groups excluding carboxylic acids is 1. The van der Waals surface area contributed by atoms with Crippen molar-refractivity contribution < 1.29 is 4.79 Å². The monoisotopic (exact) mass is 362 g/mol. The molecule has 1 aromatic heterocycles. The van der Waals surface area contributed by atoms with Crippen LogP contribution in [0.2, 0.25) is 0 Å². The number of aromatic nitrogens is 2. The fraction of sp³-hybridized carbons (Fsp3) is 0.474. The Morgan fingerprint density at radius 3 is 2.64 bits per heavy atom. The summed E-state index contributed by atoms with van der Waals surface area (Å²) in [4.78, 5) is 14.3. The second-order valence-electron chi connectivity index (χ2n) is 6.76. The van der Waals surface area contributed by atoms with Gasteiger partial charge in [0.2, 0.25) is 5.91 Å². The van der Waals surface area contributed by atoms with Crippen molar-refractivity contribution in [1.82, 2.24) is 15.1 Å². The molecule has 5 nitrogen and oxygen atoms in total. The lowest BCUT2D eigenvalue weighted by Crippen LogP contribution is -2.46. The number of halogens is 1. The highest BCUT2D eigenvalue weighted by molar-refractivity contribution is 5.85. The van der Waals surface area contributed by atoms with Gasteiger partial charge in [-0.2, -0.15) is 5.10 Å². The molecule has 1 aromatic carbocycles. The molecule has 136 valence electrons. The molecule has 0 radical (unpaired) electrons. The standard InChI is InChI=1S/C19H26N4O.ClH/c1-23(19(24)18(20)15-10-6-3-7-11-15)13-16-12-17(22-21-16)14-8-4-2-5-9-14;/h2,4-5,8-9,12,15,18H,3,6-7,10-11,13,20H2,1H3,(H,21,22);1H/t18-;/m1./s1. The van der Waals surface area contributed by atoms with E-state index in [1.807, 2.05) is 43.4 Å². The summed E-state index contributed by atoms with van der Waals surface area (Å²) in [5, 5.41) is 7.36. The van der Waals surface area contributed by atoms with E-state index in [4.69, 9.17) is 5.73 Å². The molecule has 6 heteroatoms. The largest absolute Gasteiger partial charge is 0.339 e. The van der Waals surface area contributed by atoms with E-state index < -0.39 is 0 Å². The van der Waals surface area contributed by atoms with Gasteiger partial charge in [-0.15, -0.1) is 12.4 Å². The molecule has 0 spiro atoms. The zero-order valence-corrected chi connectivity index (χ0v) is 15.5. The molecule has 1 saturated carbocycles. The van der Waals surface area contributed by atoms with E-state index in [9.17, 15) is 4.79 Å². The summed E-state index contributed by atoms with van der Waals surface area (Å²) in [5.74, 6) is 0.355. The van der Waals surface area contributed by atoms with Crippen molar-refractivity contribution >= 4 is 18.3 Å². The molecule has 3 N–H and O–H groups in total. The molecule has 2 aromatic rings. The molecule has 1 aliphatic rings. The van der Waals surface area contributed by atoms with E-state index in [1.54, 1.807) is 4.90 Å². The third kappa shape index (κ3) is 4.83. The number of amides is 1. The lowest BCUT2D eigenvalue weighted by atomic mass is 9.84. The van der Waals surface area contributed by atoms with Gasteiger partial charge < -0.3 is 10.6 Å². The van der Waals surface area contributed by atoms with Gasteiger partial charge in [0.15, 0.2) is 0 Å². The van der Waals surface area contributed by atoms with Crippen LogP contribution in [0.3, 0.4) is 0 Å². The maximum Gasteiger partial charge on any atom is 0.239 e. The number of rotatable bonds is 5. The average Bonchev–Trinajstić information content (AvgIpc) is 3.10. The van der Waals surface area contributed by atoms with Gasteiger partial charge in [-0.3, -0.25) is 9.89 Å². The second kappa shape index (κ2) is 9.02. The third-order valence-electron chi connectivity index (χ3n) is 4.93. The minimum atomic E-state index is -0.383. The highest BCUT2D eigenvalue weighted by atomic mass is 35.5. The van der Waals surface area contributed by atoms with Gasteiger partial charge in [0.25, 0.3) is 0 Å². The fourth-order valence-corrected chi connectivity index (χ4v) is 3.48. The average molecular weight is 363 g/mol. The molecule has 1 amide bonds. The lowest BCUT2D eigenvalue weighted by Gasteiger charge is -2.29. The Kier molecular flexibility index (Phi) is 7.02. The Labute approximate surface area is 155 Å². The summed E-state index contributed by atoms with van der Waals surface area (Å²) in [6, 6.07) is 11.6. The predicted octanol–water partition coefficient (Wildman–Crippen LogP) is 3.36. The first-order chi connectivity index (χ1) is 11.6. The topological polar surface area (TPSA) is 75.0 Å². The van der Waals surface area contributed by atoms with Crippen LogP contribution in [-0.4, -0.2) is 34.1 Å². The van der Waals surface area contributed by atoms with Crippen LogP contribution in [0.4, 0.5) is 0 Å².